The smallest absolute Gasteiger partial charge is 0.300 e. The predicted octanol–water partition coefficient (Wildman–Crippen LogP) is 1.30. The van der Waals surface area contributed by atoms with Crippen molar-refractivity contribution in [1.82, 2.24) is 10.2 Å². The van der Waals surface area contributed by atoms with Crippen molar-refractivity contribution in [3.63, 3.8) is 0 Å². The lowest BCUT2D eigenvalue weighted by atomic mass is 10.3. The largest absolute Gasteiger partial charge is 0.315 e. The van der Waals surface area contributed by atoms with Crippen LogP contribution in [-0.4, -0.2) is 43.5 Å². The van der Waals surface area contributed by atoms with E-state index in [1.807, 2.05) is 24.3 Å². The first kappa shape index (κ1) is 14.1. The second-order valence-electron chi connectivity index (χ2n) is 4.29. The van der Waals surface area contributed by atoms with Gasteiger partial charge in [-0.05, 0) is 30.2 Å². The summed E-state index contributed by atoms with van der Waals surface area (Å²) in [5, 5.41) is 6.02. The summed E-state index contributed by atoms with van der Waals surface area (Å²) in [6, 6.07) is 7.42. The fourth-order valence-electron chi connectivity index (χ4n) is 1.80. The summed E-state index contributed by atoms with van der Waals surface area (Å²) in [5.74, 6) is 5.27. The topological polar surface area (TPSA) is 44.4 Å². The lowest BCUT2D eigenvalue weighted by molar-refractivity contribution is -0.111. The number of amides is 1. The number of nitrogens with zero attached hydrogens (tertiary/aromatic N) is 1. The van der Waals surface area contributed by atoms with E-state index in [1.165, 1.54) is 0 Å². The SMILES string of the molecule is O=C(C#CCN1CCNCC1)Nc1ccc(Br)cc1. The van der Waals surface area contributed by atoms with E-state index >= 15 is 0 Å². The molecular weight excluding hydrogens is 306 g/mol. The zero-order valence-electron chi connectivity index (χ0n) is 10.6. The average molecular weight is 322 g/mol. The molecule has 1 aromatic carbocycles. The van der Waals surface area contributed by atoms with E-state index in [9.17, 15) is 4.79 Å². The van der Waals surface area contributed by atoms with Gasteiger partial charge in [-0.3, -0.25) is 9.69 Å². The Hall–Kier alpha value is -1.35. The maximum absolute atomic E-state index is 11.6. The van der Waals surface area contributed by atoms with E-state index in [2.05, 4.69) is 43.3 Å². The molecule has 4 nitrogen and oxygen atoms in total. The monoisotopic (exact) mass is 321 g/mol. The maximum Gasteiger partial charge on any atom is 0.300 e. The third kappa shape index (κ3) is 5.03. The second-order valence-corrected chi connectivity index (χ2v) is 5.20. The summed E-state index contributed by atoms with van der Waals surface area (Å²) < 4.78 is 0.982. The van der Waals surface area contributed by atoms with Gasteiger partial charge in [-0.15, -0.1) is 0 Å². The molecule has 0 aliphatic carbocycles. The van der Waals surface area contributed by atoms with Gasteiger partial charge in [0.1, 0.15) is 0 Å². The first-order valence-electron chi connectivity index (χ1n) is 6.22. The Morgan fingerprint density at radius 3 is 2.68 bits per heavy atom. The highest BCUT2D eigenvalue weighted by atomic mass is 79.9. The van der Waals surface area contributed by atoms with E-state index in [4.69, 9.17) is 0 Å². The number of nitrogens with one attached hydrogen (secondary N) is 2. The van der Waals surface area contributed by atoms with Crippen molar-refractivity contribution in [1.29, 1.82) is 0 Å². The highest BCUT2D eigenvalue weighted by Crippen LogP contribution is 2.13. The standard InChI is InChI=1S/C14H16BrN3O/c15-12-3-5-13(6-4-12)17-14(19)2-1-9-18-10-7-16-8-11-18/h3-6,16H,7-11H2,(H,17,19). The van der Waals surface area contributed by atoms with E-state index in [0.29, 0.717) is 6.54 Å². The molecule has 1 aliphatic rings. The molecule has 2 N–H and O–H groups in total. The molecule has 1 amide bonds. The van der Waals surface area contributed by atoms with Crippen LogP contribution in [0.3, 0.4) is 0 Å². The number of hydrogen-bond acceptors (Lipinski definition) is 3. The first-order chi connectivity index (χ1) is 9.24. The molecule has 0 radical (unpaired) electrons. The van der Waals surface area contributed by atoms with Crippen LogP contribution in [0.1, 0.15) is 0 Å². The molecule has 1 heterocycles. The van der Waals surface area contributed by atoms with Gasteiger partial charge < -0.3 is 10.6 Å². The summed E-state index contributed by atoms with van der Waals surface area (Å²) in [5.41, 5.74) is 0.754. The number of hydrogen-bond donors (Lipinski definition) is 2. The third-order valence-electron chi connectivity index (χ3n) is 2.82. The quantitative estimate of drug-likeness (QED) is 0.807. The molecule has 100 valence electrons. The van der Waals surface area contributed by atoms with E-state index in [1.54, 1.807) is 0 Å². The van der Waals surface area contributed by atoms with Crippen LogP contribution in [0.4, 0.5) is 5.69 Å². The lowest BCUT2D eigenvalue weighted by Gasteiger charge is -2.24. The Labute approximate surface area is 121 Å². The minimum absolute atomic E-state index is 0.266. The third-order valence-corrected chi connectivity index (χ3v) is 3.34. The van der Waals surface area contributed by atoms with Gasteiger partial charge >= 0.3 is 0 Å². The van der Waals surface area contributed by atoms with Crippen LogP contribution < -0.4 is 10.6 Å². The molecule has 0 aromatic heterocycles. The predicted molar refractivity (Wildman–Crippen MR) is 79.9 cm³/mol. The molecule has 0 bridgehead atoms. The highest BCUT2D eigenvalue weighted by Gasteiger charge is 2.06. The molecule has 1 aliphatic heterocycles. The van der Waals surface area contributed by atoms with Gasteiger partial charge in [-0.1, -0.05) is 21.9 Å². The second kappa shape index (κ2) is 7.29. The first-order valence-corrected chi connectivity index (χ1v) is 7.02. The van der Waals surface area contributed by atoms with Crippen LogP contribution in [0.15, 0.2) is 28.7 Å². The lowest BCUT2D eigenvalue weighted by Crippen LogP contribution is -2.43. The van der Waals surface area contributed by atoms with Gasteiger partial charge in [0.05, 0.1) is 6.54 Å². The van der Waals surface area contributed by atoms with Crippen LogP contribution in [0.25, 0.3) is 0 Å². The van der Waals surface area contributed by atoms with Crippen LogP contribution in [0.5, 0.6) is 0 Å². The highest BCUT2D eigenvalue weighted by molar-refractivity contribution is 9.10. The van der Waals surface area contributed by atoms with Gasteiger partial charge in [0, 0.05) is 36.3 Å². The Kier molecular flexibility index (Phi) is 5.40. The molecule has 1 saturated heterocycles. The van der Waals surface area contributed by atoms with Crippen molar-refractivity contribution in [3.8, 4) is 11.8 Å². The van der Waals surface area contributed by atoms with E-state index < -0.39 is 0 Å². The fourth-order valence-corrected chi connectivity index (χ4v) is 2.06. The number of piperazine rings is 1. The van der Waals surface area contributed by atoms with Gasteiger partial charge in [0.2, 0.25) is 0 Å². The van der Waals surface area contributed by atoms with Crippen molar-refractivity contribution in [3.05, 3.63) is 28.7 Å². The van der Waals surface area contributed by atoms with Crippen molar-refractivity contribution in [2.75, 3.05) is 38.0 Å². The Balaban J connectivity index is 1.79. The molecule has 5 heteroatoms. The molecule has 2 rings (SSSR count). The van der Waals surface area contributed by atoms with Crippen molar-refractivity contribution >= 4 is 27.5 Å². The number of rotatable bonds is 2. The Morgan fingerprint density at radius 2 is 2.00 bits per heavy atom. The molecule has 0 unspecified atom stereocenters. The fraction of sp³-hybridized carbons (Fsp3) is 0.357. The van der Waals surface area contributed by atoms with Gasteiger partial charge in [-0.2, -0.15) is 0 Å². The minimum Gasteiger partial charge on any atom is -0.315 e. The maximum atomic E-state index is 11.6. The molecule has 19 heavy (non-hydrogen) atoms. The van der Waals surface area contributed by atoms with E-state index in [-0.39, 0.29) is 5.91 Å². The molecule has 1 aromatic rings. The van der Waals surface area contributed by atoms with Gasteiger partial charge in [0.15, 0.2) is 0 Å². The average Bonchev–Trinajstić information content (AvgIpc) is 2.43. The zero-order chi connectivity index (χ0) is 13.5. The van der Waals surface area contributed by atoms with Crippen LogP contribution >= 0.6 is 15.9 Å². The molecular formula is C14H16BrN3O. The molecule has 1 fully saturated rings. The van der Waals surface area contributed by atoms with Crippen molar-refractivity contribution in [2.45, 2.75) is 0 Å². The number of carbonyl (C=O) groups excluding carboxylic acids is 1. The zero-order valence-corrected chi connectivity index (χ0v) is 12.2. The Morgan fingerprint density at radius 1 is 1.32 bits per heavy atom. The van der Waals surface area contributed by atoms with Crippen LogP contribution in [0, 0.1) is 11.8 Å². The summed E-state index contributed by atoms with van der Waals surface area (Å²) in [4.78, 5) is 13.8. The normalized spacial score (nSPS) is 15.4. The summed E-state index contributed by atoms with van der Waals surface area (Å²) in [7, 11) is 0. The minimum atomic E-state index is -0.266. The van der Waals surface area contributed by atoms with Crippen molar-refractivity contribution in [2.24, 2.45) is 0 Å². The van der Waals surface area contributed by atoms with Gasteiger partial charge in [0.25, 0.3) is 5.91 Å². The number of anilines is 1. The summed E-state index contributed by atoms with van der Waals surface area (Å²) >= 11 is 3.35. The van der Waals surface area contributed by atoms with Crippen molar-refractivity contribution < 1.29 is 4.79 Å². The van der Waals surface area contributed by atoms with Crippen LogP contribution in [-0.2, 0) is 4.79 Å². The molecule has 0 spiro atoms. The number of halogens is 1. The van der Waals surface area contributed by atoms with Crippen LogP contribution in [0.2, 0.25) is 0 Å². The summed E-state index contributed by atoms with van der Waals surface area (Å²) in [6.07, 6.45) is 0. The van der Waals surface area contributed by atoms with E-state index in [0.717, 1.165) is 36.3 Å². The number of benzene rings is 1. The Bertz CT molecular complexity index is 484. The number of carbonyl (C=O) groups is 1. The summed E-state index contributed by atoms with van der Waals surface area (Å²) in [6.45, 7) is 4.61. The van der Waals surface area contributed by atoms with Gasteiger partial charge in [-0.25, -0.2) is 0 Å². The molecule has 0 atom stereocenters. The molecule has 0 saturated carbocycles.